The molecule has 0 aliphatic rings. The standard InChI is InChI=1S/C11H22N6/c1-5-7-17(8-6-2)11-14-9(12)13-10(15-11)16(3)4/h5-8H2,1-4H3,(H2,12,13,14,15). The molecule has 0 saturated carbocycles. The number of nitrogens with two attached hydrogens (primary N) is 1. The number of nitrogens with zero attached hydrogens (tertiary/aromatic N) is 5. The zero-order valence-electron chi connectivity index (χ0n) is 11.1. The molecule has 0 unspecified atom stereocenters. The van der Waals surface area contributed by atoms with Gasteiger partial charge in [0.1, 0.15) is 0 Å². The minimum Gasteiger partial charge on any atom is -0.368 e. The van der Waals surface area contributed by atoms with Gasteiger partial charge >= 0.3 is 0 Å². The van der Waals surface area contributed by atoms with Crippen molar-refractivity contribution in [3.8, 4) is 0 Å². The number of rotatable bonds is 6. The van der Waals surface area contributed by atoms with Gasteiger partial charge in [0.15, 0.2) is 0 Å². The zero-order chi connectivity index (χ0) is 12.8. The van der Waals surface area contributed by atoms with Gasteiger partial charge in [-0.15, -0.1) is 0 Å². The van der Waals surface area contributed by atoms with Crippen LogP contribution in [0.5, 0.6) is 0 Å². The fourth-order valence-electron chi connectivity index (χ4n) is 1.56. The Bertz CT molecular complexity index is 346. The quantitative estimate of drug-likeness (QED) is 0.801. The van der Waals surface area contributed by atoms with Gasteiger partial charge in [-0.1, -0.05) is 13.8 Å². The van der Waals surface area contributed by atoms with Crippen LogP contribution in [0, 0.1) is 0 Å². The smallest absolute Gasteiger partial charge is 0.231 e. The first-order valence-electron chi connectivity index (χ1n) is 6.02. The Balaban J connectivity index is 3.00. The van der Waals surface area contributed by atoms with E-state index >= 15 is 0 Å². The number of nitrogen functional groups attached to an aromatic ring is 1. The van der Waals surface area contributed by atoms with Crippen molar-refractivity contribution in [3.05, 3.63) is 0 Å². The van der Waals surface area contributed by atoms with E-state index in [0.29, 0.717) is 11.9 Å². The monoisotopic (exact) mass is 238 g/mol. The first kappa shape index (κ1) is 13.5. The molecule has 0 atom stereocenters. The van der Waals surface area contributed by atoms with Crippen molar-refractivity contribution in [3.63, 3.8) is 0 Å². The third-order valence-electron chi connectivity index (χ3n) is 2.30. The Morgan fingerprint density at radius 2 is 1.47 bits per heavy atom. The minimum absolute atomic E-state index is 0.274. The Kier molecular flexibility index (Phi) is 4.93. The van der Waals surface area contributed by atoms with Gasteiger partial charge in [-0.25, -0.2) is 0 Å². The SMILES string of the molecule is CCCN(CCC)c1nc(N)nc(N(C)C)n1. The van der Waals surface area contributed by atoms with Gasteiger partial charge in [0.25, 0.3) is 0 Å². The molecule has 17 heavy (non-hydrogen) atoms. The highest BCUT2D eigenvalue weighted by molar-refractivity contribution is 5.42. The van der Waals surface area contributed by atoms with Gasteiger partial charge < -0.3 is 15.5 Å². The molecular weight excluding hydrogens is 216 g/mol. The number of hydrogen-bond acceptors (Lipinski definition) is 6. The lowest BCUT2D eigenvalue weighted by molar-refractivity contribution is 0.717. The van der Waals surface area contributed by atoms with Crippen LogP contribution in [0.25, 0.3) is 0 Å². The number of hydrogen-bond donors (Lipinski definition) is 1. The van der Waals surface area contributed by atoms with Crippen molar-refractivity contribution >= 4 is 17.8 Å². The number of anilines is 3. The summed E-state index contributed by atoms with van der Waals surface area (Å²) in [7, 11) is 3.78. The third-order valence-corrected chi connectivity index (χ3v) is 2.30. The molecule has 0 fully saturated rings. The van der Waals surface area contributed by atoms with Crippen LogP contribution in [-0.2, 0) is 0 Å². The molecule has 1 rings (SSSR count). The first-order valence-corrected chi connectivity index (χ1v) is 6.02. The van der Waals surface area contributed by atoms with Gasteiger partial charge in [0, 0.05) is 27.2 Å². The molecule has 0 bridgehead atoms. The molecule has 6 heteroatoms. The fraction of sp³-hybridized carbons (Fsp3) is 0.727. The molecule has 0 aromatic carbocycles. The summed E-state index contributed by atoms with van der Waals surface area (Å²) in [5, 5.41) is 0. The van der Waals surface area contributed by atoms with E-state index < -0.39 is 0 Å². The minimum atomic E-state index is 0.274. The van der Waals surface area contributed by atoms with Crippen LogP contribution >= 0.6 is 0 Å². The maximum absolute atomic E-state index is 5.71. The molecule has 96 valence electrons. The lowest BCUT2D eigenvalue weighted by atomic mass is 10.4. The van der Waals surface area contributed by atoms with Crippen LogP contribution in [0.3, 0.4) is 0 Å². The van der Waals surface area contributed by atoms with Gasteiger partial charge in [-0.3, -0.25) is 0 Å². The van der Waals surface area contributed by atoms with Crippen LogP contribution in [0.1, 0.15) is 26.7 Å². The molecule has 0 saturated heterocycles. The molecule has 0 aliphatic carbocycles. The molecule has 1 aromatic rings. The van der Waals surface area contributed by atoms with E-state index in [4.69, 9.17) is 5.73 Å². The van der Waals surface area contributed by atoms with Crippen molar-refractivity contribution in [2.45, 2.75) is 26.7 Å². The average molecular weight is 238 g/mol. The maximum Gasteiger partial charge on any atom is 0.231 e. The summed E-state index contributed by atoms with van der Waals surface area (Å²) in [6, 6.07) is 0. The predicted octanol–water partition coefficient (Wildman–Crippen LogP) is 1.15. The van der Waals surface area contributed by atoms with Crippen LogP contribution in [0.2, 0.25) is 0 Å². The maximum atomic E-state index is 5.71. The van der Waals surface area contributed by atoms with Crippen molar-refractivity contribution in [2.75, 3.05) is 42.7 Å². The highest BCUT2D eigenvalue weighted by Crippen LogP contribution is 2.14. The van der Waals surface area contributed by atoms with E-state index in [1.165, 1.54) is 0 Å². The van der Waals surface area contributed by atoms with Crippen LogP contribution < -0.4 is 15.5 Å². The van der Waals surface area contributed by atoms with E-state index in [1.54, 1.807) is 0 Å². The second-order valence-electron chi connectivity index (χ2n) is 4.18. The highest BCUT2D eigenvalue weighted by atomic mass is 15.3. The summed E-state index contributed by atoms with van der Waals surface area (Å²) in [4.78, 5) is 16.7. The molecule has 1 aromatic heterocycles. The molecule has 1 heterocycles. The van der Waals surface area contributed by atoms with Crippen molar-refractivity contribution in [1.29, 1.82) is 0 Å². The van der Waals surface area contributed by atoms with E-state index in [-0.39, 0.29) is 5.95 Å². The van der Waals surface area contributed by atoms with Crippen LogP contribution in [-0.4, -0.2) is 42.1 Å². The summed E-state index contributed by atoms with van der Waals surface area (Å²) >= 11 is 0. The molecular formula is C11H22N6. The Hall–Kier alpha value is -1.59. The van der Waals surface area contributed by atoms with E-state index in [9.17, 15) is 0 Å². The topological polar surface area (TPSA) is 71.2 Å². The van der Waals surface area contributed by atoms with Crippen LogP contribution in [0.15, 0.2) is 0 Å². The highest BCUT2D eigenvalue weighted by Gasteiger charge is 2.12. The van der Waals surface area contributed by atoms with Crippen LogP contribution in [0.4, 0.5) is 17.8 Å². The Labute approximate surface area is 103 Å². The molecule has 0 radical (unpaired) electrons. The summed E-state index contributed by atoms with van der Waals surface area (Å²) < 4.78 is 0. The molecule has 2 N–H and O–H groups in total. The summed E-state index contributed by atoms with van der Waals surface area (Å²) in [5.74, 6) is 1.55. The van der Waals surface area contributed by atoms with Gasteiger partial charge in [-0.2, -0.15) is 15.0 Å². The lowest BCUT2D eigenvalue weighted by Crippen LogP contribution is -2.28. The van der Waals surface area contributed by atoms with Gasteiger partial charge in [0.2, 0.25) is 17.8 Å². The molecule has 6 nitrogen and oxygen atoms in total. The van der Waals surface area contributed by atoms with Crippen molar-refractivity contribution in [1.82, 2.24) is 15.0 Å². The second-order valence-corrected chi connectivity index (χ2v) is 4.18. The summed E-state index contributed by atoms with van der Waals surface area (Å²) in [6.07, 6.45) is 2.12. The predicted molar refractivity (Wildman–Crippen MR) is 71.4 cm³/mol. The van der Waals surface area contributed by atoms with E-state index in [1.807, 2.05) is 19.0 Å². The van der Waals surface area contributed by atoms with Gasteiger partial charge in [0.05, 0.1) is 0 Å². The first-order chi connectivity index (χ1) is 8.08. The Morgan fingerprint density at radius 3 is 1.94 bits per heavy atom. The number of aromatic nitrogens is 3. The van der Waals surface area contributed by atoms with Crippen molar-refractivity contribution in [2.24, 2.45) is 0 Å². The second kappa shape index (κ2) is 6.22. The largest absolute Gasteiger partial charge is 0.368 e. The molecule has 0 aliphatic heterocycles. The van der Waals surface area contributed by atoms with Gasteiger partial charge in [-0.05, 0) is 12.8 Å². The zero-order valence-corrected chi connectivity index (χ0v) is 11.1. The van der Waals surface area contributed by atoms with Crippen molar-refractivity contribution < 1.29 is 0 Å². The summed E-state index contributed by atoms with van der Waals surface area (Å²) in [5.41, 5.74) is 5.71. The molecule has 0 amide bonds. The fourth-order valence-corrected chi connectivity index (χ4v) is 1.56. The van der Waals surface area contributed by atoms with E-state index in [2.05, 4.69) is 33.7 Å². The Morgan fingerprint density at radius 1 is 0.941 bits per heavy atom. The van der Waals surface area contributed by atoms with E-state index in [0.717, 1.165) is 25.9 Å². The normalized spacial score (nSPS) is 10.4. The lowest BCUT2D eigenvalue weighted by Gasteiger charge is -2.22. The third kappa shape index (κ3) is 3.72. The summed E-state index contributed by atoms with van der Waals surface area (Å²) in [6.45, 7) is 6.15. The average Bonchev–Trinajstić information content (AvgIpc) is 2.28. The molecule has 0 spiro atoms.